The second kappa shape index (κ2) is 7.03. The summed E-state index contributed by atoms with van der Waals surface area (Å²) < 4.78 is 0. The van der Waals surface area contributed by atoms with E-state index in [9.17, 15) is 4.79 Å². The summed E-state index contributed by atoms with van der Waals surface area (Å²) in [7, 11) is 0. The van der Waals surface area contributed by atoms with Crippen LogP contribution in [0.2, 0.25) is 0 Å². The van der Waals surface area contributed by atoms with Crippen molar-refractivity contribution in [3.05, 3.63) is 30.1 Å². The van der Waals surface area contributed by atoms with Gasteiger partial charge < -0.3 is 10.2 Å². The SMILES string of the molecule is O=C(CCC1CCNCC1)N1CCCC1c1ccncc1. The van der Waals surface area contributed by atoms with E-state index in [4.69, 9.17) is 0 Å². The van der Waals surface area contributed by atoms with Gasteiger partial charge >= 0.3 is 0 Å². The molecule has 4 heteroatoms. The Morgan fingerprint density at radius 1 is 1.24 bits per heavy atom. The van der Waals surface area contributed by atoms with Crippen LogP contribution in [0.5, 0.6) is 0 Å². The maximum absolute atomic E-state index is 12.6. The third-order valence-electron chi connectivity index (χ3n) is 4.89. The molecule has 2 aliphatic rings. The molecule has 2 aliphatic heterocycles. The van der Waals surface area contributed by atoms with Gasteiger partial charge in [-0.2, -0.15) is 0 Å². The van der Waals surface area contributed by atoms with Crippen LogP contribution in [-0.2, 0) is 4.79 Å². The molecule has 4 nitrogen and oxygen atoms in total. The number of piperidine rings is 1. The van der Waals surface area contributed by atoms with Gasteiger partial charge in [0.15, 0.2) is 0 Å². The summed E-state index contributed by atoms with van der Waals surface area (Å²) in [5, 5.41) is 3.38. The zero-order chi connectivity index (χ0) is 14.5. The van der Waals surface area contributed by atoms with Crippen molar-refractivity contribution in [3.8, 4) is 0 Å². The first-order valence-corrected chi connectivity index (χ1v) is 8.24. The average molecular weight is 287 g/mol. The van der Waals surface area contributed by atoms with Crippen molar-refractivity contribution in [2.75, 3.05) is 19.6 Å². The summed E-state index contributed by atoms with van der Waals surface area (Å²) in [5.41, 5.74) is 1.23. The van der Waals surface area contributed by atoms with Crippen LogP contribution in [0.25, 0.3) is 0 Å². The Kier molecular flexibility index (Phi) is 4.86. The number of amides is 1. The summed E-state index contributed by atoms with van der Waals surface area (Å²) in [4.78, 5) is 18.7. The molecule has 1 N–H and O–H groups in total. The molecule has 21 heavy (non-hydrogen) atoms. The smallest absolute Gasteiger partial charge is 0.223 e. The van der Waals surface area contributed by atoms with Crippen molar-refractivity contribution < 1.29 is 4.79 Å². The Bertz CT molecular complexity index is 456. The fourth-order valence-corrected chi connectivity index (χ4v) is 3.64. The number of nitrogens with one attached hydrogen (secondary N) is 1. The highest BCUT2D eigenvalue weighted by Crippen LogP contribution is 2.32. The Balaban J connectivity index is 1.55. The van der Waals surface area contributed by atoms with Gasteiger partial charge in [-0.05, 0) is 68.8 Å². The van der Waals surface area contributed by atoms with Gasteiger partial charge in [0.1, 0.15) is 0 Å². The van der Waals surface area contributed by atoms with Gasteiger partial charge in [0.05, 0.1) is 6.04 Å². The van der Waals surface area contributed by atoms with Crippen LogP contribution in [0.3, 0.4) is 0 Å². The topological polar surface area (TPSA) is 45.2 Å². The zero-order valence-corrected chi connectivity index (χ0v) is 12.6. The molecule has 0 aromatic carbocycles. The van der Waals surface area contributed by atoms with Crippen molar-refractivity contribution in [2.24, 2.45) is 5.92 Å². The molecule has 1 amide bonds. The van der Waals surface area contributed by atoms with Gasteiger partial charge in [-0.1, -0.05) is 0 Å². The van der Waals surface area contributed by atoms with E-state index in [1.165, 1.54) is 18.4 Å². The molecule has 0 saturated carbocycles. The second-order valence-electron chi connectivity index (χ2n) is 6.26. The lowest BCUT2D eigenvalue weighted by Crippen LogP contribution is -2.32. The minimum atomic E-state index is 0.272. The van der Waals surface area contributed by atoms with Gasteiger partial charge in [-0.3, -0.25) is 9.78 Å². The first-order valence-electron chi connectivity index (χ1n) is 8.24. The molecule has 0 radical (unpaired) electrons. The first-order chi connectivity index (χ1) is 10.3. The molecule has 0 aliphatic carbocycles. The number of likely N-dealkylation sites (tertiary alicyclic amines) is 1. The number of carbonyl (C=O) groups is 1. The lowest BCUT2D eigenvalue weighted by molar-refractivity contribution is -0.132. The van der Waals surface area contributed by atoms with E-state index in [-0.39, 0.29) is 6.04 Å². The number of pyridine rings is 1. The zero-order valence-electron chi connectivity index (χ0n) is 12.6. The van der Waals surface area contributed by atoms with Crippen LogP contribution in [-0.4, -0.2) is 35.4 Å². The van der Waals surface area contributed by atoms with E-state index < -0.39 is 0 Å². The van der Waals surface area contributed by atoms with E-state index in [1.54, 1.807) is 0 Å². The Morgan fingerprint density at radius 2 is 2.00 bits per heavy atom. The van der Waals surface area contributed by atoms with Crippen molar-refractivity contribution in [1.29, 1.82) is 0 Å². The lowest BCUT2D eigenvalue weighted by Gasteiger charge is -2.27. The van der Waals surface area contributed by atoms with E-state index >= 15 is 0 Å². The maximum Gasteiger partial charge on any atom is 0.223 e. The normalized spacial score (nSPS) is 23.4. The molecular formula is C17H25N3O. The molecular weight excluding hydrogens is 262 g/mol. The van der Waals surface area contributed by atoms with E-state index in [0.717, 1.165) is 44.8 Å². The number of aromatic nitrogens is 1. The third-order valence-corrected chi connectivity index (χ3v) is 4.89. The molecule has 3 rings (SSSR count). The van der Waals surface area contributed by atoms with Gasteiger partial charge in [-0.25, -0.2) is 0 Å². The molecule has 3 heterocycles. The van der Waals surface area contributed by atoms with Crippen molar-refractivity contribution >= 4 is 5.91 Å². The largest absolute Gasteiger partial charge is 0.336 e. The Labute approximate surface area is 126 Å². The van der Waals surface area contributed by atoms with Crippen molar-refractivity contribution in [3.63, 3.8) is 0 Å². The van der Waals surface area contributed by atoms with Gasteiger partial charge in [0.25, 0.3) is 0 Å². The first kappa shape index (κ1) is 14.5. The Morgan fingerprint density at radius 3 is 2.76 bits per heavy atom. The molecule has 1 aromatic rings. The second-order valence-corrected chi connectivity index (χ2v) is 6.26. The predicted molar refractivity (Wildman–Crippen MR) is 82.8 cm³/mol. The van der Waals surface area contributed by atoms with Gasteiger partial charge in [0.2, 0.25) is 5.91 Å². The molecule has 2 fully saturated rings. The van der Waals surface area contributed by atoms with Gasteiger partial charge in [-0.15, -0.1) is 0 Å². The van der Waals surface area contributed by atoms with Crippen LogP contribution >= 0.6 is 0 Å². The molecule has 2 saturated heterocycles. The van der Waals surface area contributed by atoms with Crippen LogP contribution in [0, 0.1) is 5.92 Å². The van der Waals surface area contributed by atoms with E-state index in [2.05, 4.69) is 15.2 Å². The minimum absolute atomic E-state index is 0.272. The predicted octanol–water partition coefficient (Wildman–Crippen LogP) is 2.52. The van der Waals surface area contributed by atoms with Crippen LogP contribution in [0.15, 0.2) is 24.5 Å². The summed E-state index contributed by atoms with van der Waals surface area (Å²) in [6, 6.07) is 4.36. The third kappa shape index (κ3) is 3.62. The maximum atomic E-state index is 12.6. The van der Waals surface area contributed by atoms with Crippen LogP contribution in [0.4, 0.5) is 0 Å². The number of hydrogen-bond acceptors (Lipinski definition) is 3. The average Bonchev–Trinajstić information content (AvgIpc) is 3.04. The summed E-state index contributed by atoms with van der Waals surface area (Å²) >= 11 is 0. The molecule has 1 aromatic heterocycles. The molecule has 1 atom stereocenters. The molecule has 1 unspecified atom stereocenters. The number of rotatable bonds is 4. The molecule has 114 valence electrons. The monoisotopic (exact) mass is 287 g/mol. The van der Waals surface area contributed by atoms with E-state index in [1.807, 2.05) is 24.5 Å². The highest BCUT2D eigenvalue weighted by Gasteiger charge is 2.29. The fourth-order valence-electron chi connectivity index (χ4n) is 3.64. The highest BCUT2D eigenvalue weighted by atomic mass is 16.2. The number of hydrogen-bond donors (Lipinski definition) is 1. The molecule has 0 spiro atoms. The standard InChI is InChI=1S/C17H25N3O/c21-17(4-3-14-5-9-18-10-6-14)20-13-1-2-16(20)15-7-11-19-12-8-15/h7-8,11-12,14,16,18H,1-6,9-10,13H2. The fraction of sp³-hybridized carbons (Fsp3) is 0.647. The minimum Gasteiger partial charge on any atom is -0.336 e. The summed E-state index contributed by atoms with van der Waals surface area (Å²) in [6.45, 7) is 3.14. The lowest BCUT2D eigenvalue weighted by atomic mass is 9.93. The summed E-state index contributed by atoms with van der Waals surface area (Å²) in [5.74, 6) is 1.07. The molecule has 0 bridgehead atoms. The van der Waals surface area contributed by atoms with Crippen molar-refractivity contribution in [1.82, 2.24) is 15.2 Å². The number of nitrogens with zero attached hydrogens (tertiary/aromatic N) is 2. The highest BCUT2D eigenvalue weighted by molar-refractivity contribution is 5.77. The Hall–Kier alpha value is -1.42. The van der Waals surface area contributed by atoms with Gasteiger partial charge in [0, 0.05) is 25.4 Å². The summed E-state index contributed by atoms with van der Waals surface area (Å²) in [6.07, 6.45) is 10.1. The van der Waals surface area contributed by atoms with E-state index in [0.29, 0.717) is 12.3 Å². The number of carbonyl (C=O) groups excluding carboxylic acids is 1. The van der Waals surface area contributed by atoms with Crippen LogP contribution < -0.4 is 5.32 Å². The van der Waals surface area contributed by atoms with Crippen LogP contribution in [0.1, 0.15) is 50.1 Å². The quantitative estimate of drug-likeness (QED) is 0.925. The van der Waals surface area contributed by atoms with Crippen molar-refractivity contribution in [2.45, 2.75) is 44.6 Å².